The van der Waals surface area contributed by atoms with E-state index < -0.39 is 12.0 Å². The molecule has 1 aromatic carbocycles. The average molecular weight is 210 g/mol. The third-order valence-corrected chi connectivity index (χ3v) is 1.92. The van der Waals surface area contributed by atoms with Crippen LogP contribution in [0.2, 0.25) is 0 Å². The van der Waals surface area contributed by atoms with Crippen LogP contribution in [0.5, 0.6) is 5.75 Å². The molecule has 0 saturated carbocycles. The van der Waals surface area contributed by atoms with Gasteiger partial charge in [0.25, 0.3) is 0 Å². The van der Waals surface area contributed by atoms with E-state index in [0.717, 1.165) is 6.07 Å². The SMILES string of the molecule is N[C@@H](Cc1ccc(O)cc1N=O)C(=O)O. The second-order valence-electron chi connectivity index (χ2n) is 3.05. The molecule has 6 heteroatoms. The maximum absolute atomic E-state index is 10.5. The number of rotatable bonds is 4. The molecule has 0 radical (unpaired) electrons. The summed E-state index contributed by atoms with van der Waals surface area (Å²) in [4.78, 5) is 20.9. The molecule has 0 fully saturated rings. The van der Waals surface area contributed by atoms with Crippen LogP contribution in [-0.2, 0) is 11.2 Å². The number of hydrogen-bond acceptors (Lipinski definition) is 5. The van der Waals surface area contributed by atoms with Gasteiger partial charge in [0, 0.05) is 12.5 Å². The van der Waals surface area contributed by atoms with E-state index in [1.807, 2.05) is 0 Å². The molecular formula is C9H10N2O4. The summed E-state index contributed by atoms with van der Waals surface area (Å²) < 4.78 is 0. The summed E-state index contributed by atoms with van der Waals surface area (Å²) in [5.41, 5.74) is 5.71. The van der Waals surface area contributed by atoms with Crippen molar-refractivity contribution in [3.63, 3.8) is 0 Å². The Kier molecular flexibility index (Phi) is 3.35. The molecule has 0 unspecified atom stereocenters. The van der Waals surface area contributed by atoms with Crippen molar-refractivity contribution >= 4 is 11.7 Å². The maximum Gasteiger partial charge on any atom is 0.320 e. The minimum Gasteiger partial charge on any atom is -0.508 e. The Bertz CT molecular complexity index is 392. The molecule has 15 heavy (non-hydrogen) atoms. The summed E-state index contributed by atoms with van der Waals surface area (Å²) in [5.74, 6) is -1.25. The normalized spacial score (nSPS) is 12.1. The van der Waals surface area contributed by atoms with E-state index in [1.54, 1.807) is 0 Å². The summed E-state index contributed by atoms with van der Waals surface area (Å²) in [6.45, 7) is 0. The fourth-order valence-electron chi connectivity index (χ4n) is 1.13. The zero-order valence-electron chi connectivity index (χ0n) is 7.75. The molecule has 0 aromatic heterocycles. The van der Waals surface area contributed by atoms with Gasteiger partial charge in [-0.25, -0.2) is 0 Å². The van der Waals surface area contributed by atoms with Crippen LogP contribution in [0.25, 0.3) is 0 Å². The Morgan fingerprint density at radius 3 is 2.73 bits per heavy atom. The third kappa shape index (κ3) is 2.75. The first-order valence-electron chi connectivity index (χ1n) is 4.18. The Hall–Kier alpha value is -1.95. The molecule has 0 spiro atoms. The number of aliphatic carboxylic acids is 1. The van der Waals surface area contributed by atoms with Crippen molar-refractivity contribution in [3.8, 4) is 5.75 Å². The van der Waals surface area contributed by atoms with Crippen molar-refractivity contribution in [2.75, 3.05) is 0 Å². The van der Waals surface area contributed by atoms with E-state index in [4.69, 9.17) is 15.9 Å². The number of carboxylic acid groups (broad SMARTS) is 1. The van der Waals surface area contributed by atoms with Crippen molar-refractivity contribution in [2.45, 2.75) is 12.5 Å². The number of hydrogen-bond donors (Lipinski definition) is 3. The summed E-state index contributed by atoms with van der Waals surface area (Å²) in [6, 6.07) is 2.85. The van der Waals surface area contributed by atoms with Crippen molar-refractivity contribution in [1.82, 2.24) is 0 Å². The molecule has 1 rings (SSSR count). The molecule has 0 aliphatic carbocycles. The standard InChI is InChI=1S/C9H10N2O4/c10-7(9(13)14)3-5-1-2-6(12)4-8(5)11-15/h1-2,4,7,12H,3,10H2,(H,13,14)/t7-/m0/s1. The van der Waals surface area contributed by atoms with Crippen LogP contribution in [0, 0.1) is 4.91 Å². The zero-order valence-corrected chi connectivity index (χ0v) is 7.75. The number of carbonyl (C=O) groups is 1. The summed E-state index contributed by atoms with van der Waals surface area (Å²) in [7, 11) is 0. The van der Waals surface area contributed by atoms with Gasteiger partial charge < -0.3 is 15.9 Å². The van der Waals surface area contributed by atoms with Gasteiger partial charge in [0.05, 0.1) is 0 Å². The second-order valence-corrected chi connectivity index (χ2v) is 3.05. The van der Waals surface area contributed by atoms with Gasteiger partial charge in [0.15, 0.2) is 0 Å². The first-order valence-corrected chi connectivity index (χ1v) is 4.18. The first kappa shape index (κ1) is 11.1. The predicted molar refractivity (Wildman–Crippen MR) is 52.9 cm³/mol. The number of aromatic hydroxyl groups is 1. The molecule has 0 bridgehead atoms. The van der Waals surface area contributed by atoms with Gasteiger partial charge in [-0.05, 0) is 16.8 Å². The van der Waals surface area contributed by atoms with Gasteiger partial charge >= 0.3 is 5.97 Å². The topological polar surface area (TPSA) is 113 Å². The van der Waals surface area contributed by atoms with E-state index in [0.29, 0.717) is 5.56 Å². The number of nitrogens with two attached hydrogens (primary N) is 1. The number of benzene rings is 1. The van der Waals surface area contributed by atoms with Gasteiger partial charge in [-0.15, -0.1) is 4.91 Å². The van der Waals surface area contributed by atoms with Crippen LogP contribution in [0.3, 0.4) is 0 Å². The maximum atomic E-state index is 10.5. The molecule has 6 nitrogen and oxygen atoms in total. The third-order valence-electron chi connectivity index (χ3n) is 1.92. The minimum atomic E-state index is -1.15. The molecule has 80 valence electrons. The Morgan fingerprint density at radius 2 is 2.20 bits per heavy atom. The Labute approximate surface area is 85.3 Å². The molecule has 1 aromatic rings. The number of carboxylic acids is 1. The van der Waals surface area contributed by atoms with Gasteiger partial charge in [-0.3, -0.25) is 4.79 Å². The molecule has 0 aliphatic heterocycles. The number of phenolic OH excluding ortho intramolecular Hbond substituents is 1. The molecule has 4 N–H and O–H groups in total. The van der Waals surface area contributed by atoms with E-state index in [-0.39, 0.29) is 17.9 Å². The highest BCUT2D eigenvalue weighted by molar-refractivity contribution is 5.74. The fourth-order valence-corrected chi connectivity index (χ4v) is 1.13. The lowest BCUT2D eigenvalue weighted by atomic mass is 10.0. The summed E-state index contributed by atoms with van der Waals surface area (Å²) >= 11 is 0. The second kappa shape index (κ2) is 4.52. The van der Waals surface area contributed by atoms with E-state index in [2.05, 4.69) is 5.18 Å². The first-order chi connectivity index (χ1) is 7.04. The highest BCUT2D eigenvalue weighted by Crippen LogP contribution is 2.25. The lowest BCUT2D eigenvalue weighted by Crippen LogP contribution is -2.32. The quantitative estimate of drug-likeness (QED) is 0.634. The van der Waals surface area contributed by atoms with Crippen LogP contribution in [0.1, 0.15) is 5.56 Å². The van der Waals surface area contributed by atoms with Crippen LogP contribution >= 0.6 is 0 Å². The molecule has 0 saturated heterocycles. The van der Waals surface area contributed by atoms with E-state index >= 15 is 0 Å². The van der Waals surface area contributed by atoms with E-state index in [1.165, 1.54) is 12.1 Å². The summed E-state index contributed by atoms with van der Waals surface area (Å²) in [5, 5.41) is 20.3. The summed E-state index contributed by atoms with van der Waals surface area (Å²) in [6.07, 6.45) is -0.00329. The number of nitroso groups, excluding NO2 is 1. The number of nitrogens with zero attached hydrogens (tertiary/aromatic N) is 1. The lowest BCUT2D eigenvalue weighted by Gasteiger charge is -2.07. The minimum absolute atomic E-state index is 0.00329. The van der Waals surface area contributed by atoms with Gasteiger partial charge in [-0.2, -0.15) is 0 Å². The van der Waals surface area contributed by atoms with Gasteiger partial charge in [-0.1, -0.05) is 6.07 Å². The Morgan fingerprint density at radius 1 is 1.53 bits per heavy atom. The highest BCUT2D eigenvalue weighted by atomic mass is 16.4. The van der Waals surface area contributed by atoms with Crippen molar-refractivity contribution < 1.29 is 15.0 Å². The average Bonchev–Trinajstić information content (AvgIpc) is 2.20. The van der Waals surface area contributed by atoms with Crippen LogP contribution in [0.15, 0.2) is 23.4 Å². The molecule has 0 aliphatic rings. The van der Waals surface area contributed by atoms with Crippen LogP contribution in [-0.4, -0.2) is 22.2 Å². The smallest absolute Gasteiger partial charge is 0.320 e. The fraction of sp³-hybridized carbons (Fsp3) is 0.222. The largest absolute Gasteiger partial charge is 0.508 e. The van der Waals surface area contributed by atoms with Crippen molar-refractivity contribution in [2.24, 2.45) is 10.9 Å². The molecular weight excluding hydrogens is 200 g/mol. The highest BCUT2D eigenvalue weighted by Gasteiger charge is 2.15. The predicted octanol–water partition coefficient (Wildman–Crippen LogP) is 0.745. The van der Waals surface area contributed by atoms with Crippen LogP contribution in [0.4, 0.5) is 5.69 Å². The monoisotopic (exact) mass is 210 g/mol. The molecule has 0 amide bonds. The van der Waals surface area contributed by atoms with Crippen LogP contribution < -0.4 is 5.73 Å². The van der Waals surface area contributed by atoms with Gasteiger partial charge in [0.2, 0.25) is 0 Å². The molecule has 0 heterocycles. The zero-order chi connectivity index (χ0) is 11.4. The van der Waals surface area contributed by atoms with Crippen molar-refractivity contribution in [1.29, 1.82) is 0 Å². The molecule has 1 atom stereocenters. The lowest BCUT2D eigenvalue weighted by molar-refractivity contribution is -0.138. The number of phenols is 1. The van der Waals surface area contributed by atoms with Gasteiger partial charge in [0.1, 0.15) is 17.5 Å². The Balaban J connectivity index is 2.94. The van der Waals surface area contributed by atoms with E-state index in [9.17, 15) is 9.70 Å². The van der Waals surface area contributed by atoms with Crippen molar-refractivity contribution in [3.05, 3.63) is 28.7 Å².